The highest BCUT2D eigenvalue weighted by Gasteiger charge is 2.16. The van der Waals surface area contributed by atoms with Gasteiger partial charge in [-0.15, -0.1) is 0 Å². The van der Waals surface area contributed by atoms with Crippen molar-refractivity contribution in [1.82, 2.24) is 0 Å². The predicted octanol–water partition coefficient (Wildman–Crippen LogP) is 9.54. The van der Waals surface area contributed by atoms with Gasteiger partial charge in [-0.1, -0.05) is 119 Å². The molecular formula is C30H36F2. The highest BCUT2D eigenvalue weighted by atomic mass is 19.2. The molecule has 0 unspecified atom stereocenters. The van der Waals surface area contributed by atoms with Crippen molar-refractivity contribution in [3.8, 4) is 22.3 Å². The Hall–Kier alpha value is -2.48. The average molecular weight is 435 g/mol. The van der Waals surface area contributed by atoms with Crippen molar-refractivity contribution in [2.45, 2.75) is 78.1 Å². The Bertz CT molecular complexity index is 955. The standard InChI is InChI=1S/C30H36F2/c1-3-5-6-7-8-9-10-12-24-15-19-26(20-16-24)28-22-21-27(29(31)30(28)32)25-17-13-23(11-4-2)14-18-25/h13-22H,3-12H2,1-2H3. The molecule has 0 heterocycles. The van der Waals surface area contributed by atoms with E-state index in [0.717, 1.165) is 24.8 Å². The lowest BCUT2D eigenvalue weighted by Crippen LogP contribution is -1.95. The minimum absolute atomic E-state index is 0.310. The van der Waals surface area contributed by atoms with Gasteiger partial charge in [0.1, 0.15) is 0 Å². The molecule has 3 aromatic rings. The number of hydrogen-bond acceptors (Lipinski definition) is 0. The number of rotatable bonds is 12. The summed E-state index contributed by atoms with van der Waals surface area (Å²) in [6.45, 7) is 4.37. The molecule has 0 nitrogen and oxygen atoms in total. The van der Waals surface area contributed by atoms with Gasteiger partial charge in [0.2, 0.25) is 0 Å². The lowest BCUT2D eigenvalue weighted by atomic mass is 9.96. The van der Waals surface area contributed by atoms with Crippen molar-refractivity contribution in [2.75, 3.05) is 0 Å². The van der Waals surface area contributed by atoms with Crippen LogP contribution in [0.3, 0.4) is 0 Å². The first-order valence-corrected chi connectivity index (χ1v) is 12.3. The number of hydrogen-bond donors (Lipinski definition) is 0. The number of aryl methyl sites for hydroxylation is 2. The molecule has 0 radical (unpaired) electrons. The molecule has 0 fully saturated rings. The van der Waals surface area contributed by atoms with Crippen LogP contribution in [0.4, 0.5) is 8.78 Å². The Morgan fingerprint density at radius 2 is 0.906 bits per heavy atom. The van der Waals surface area contributed by atoms with E-state index < -0.39 is 11.6 Å². The van der Waals surface area contributed by atoms with Crippen LogP contribution in [0.15, 0.2) is 60.7 Å². The van der Waals surface area contributed by atoms with E-state index in [9.17, 15) is 8.78 Å². The Balaban J connectivity index is 1.63. The van der Waals surface area contributed by atoms with Crippen LogP contribution in [-0.4, -0.2) is 0 Å². The zero-order chi connectivity index (χ0) is 22.8. The summed E-state index contributed by atoms with van der Waals surface area (Å²) in [6.07, 6.45) is 12.1. The first-order valence-electron chi connectivity index (χ1n) is 12.3. The zero-order valence-corrected chi connectivity index (χ0v) is 19.6. The second-order valence-electron chi connectivity index (χ2n) is 8.80. The maximum Gasteiger partial charge on any atom is 0.167 e. The summed E-state index contributed by atoms with van der Waals surface area (Å²) < 4.78 is 29.8. The van der Waals surface area contributed by atoms with E-state index in [2.05, 4.69) is 13.8 Å². The SMILES string of the molecule is CCCCCCCCCc1ccc(-c2ccc(-c3ccc(CCC)cc3)c(F)c2F)cc1. The van der Waals surface area contributed by atoms with Gasteiger partial charge in [-0.3, -0.25) is 0 Å². The van der Waals surface area contributed by atoms with Crippen molar-refractivity contribution >= 4 is 0 Å². The molecule has 3 aromatic carbocycles. The van der Waals surface area contributed by atoms with E-state index in [1.54, 1.807) is 12.1 Å². The Kier molecular flexibility index (Phi) is 9.46. The normalized spacial score (nSPS) is 11.1. The van der Waals surface area contributed by atoms with E-state index >= 15 is 0 Å². The molecule has 0 aliphatic rings. The third kappa shape index (κ3) is 6.51. The molecule has 0 saturated heterocycles. The maximum absolute atomic E-state index is 14.9. The summed E-state index contributed by atoms with van der Waals surface area (Å²) in [6, 6.07) is 19.0. The topological polar surface area (TPSA) is 0 Å². The fraction of sp³-hybridized carbons (Fsp3) is 0.400. The Labute approximate surface area is 192 Å². The van der Waals surface area contributed by atoms with Crippen molar-refractivity contribution in [3.63, 3.8) is 0 Å². The van der Waals surface area contributed by atoms with Crippen LogP contribution in [0.2, 0.25) is 0 Å². The minimum Gasteiger partial charge on any atom is -0.203 e. The molecule has 170 valence electrons. The summed E-state index contributed by atoms with van der Waals surface area (Å²) in [5.74, 6) is -1.56. The number of halogens is 2. The monoisotopic (exact) mass is 434 g/mol. The molecular weight excluding hydrogens is 398 g/mol. The number of benzene rings is 3. The third-order valence-electron chi connectivity index (χ3n) is 6.22. The number of unbranched alkanes of at least 4 members (excludes halogenated alkanes) is 6. The second kappa shape index (κ2) is 12.5. The van der Waals surface area contributed by atoms with E-state index in [-0.39, 0.29) is 0 Å². The van der Waals surface area contributed by atoms with E-state index in [1.165, 1.54) is 56.1 Å². The van der Waals surface area contributed by atoms with Crippen molar-refractivity contribution in [1.29, 1.82) is 0 Å². The van der Waals surface area contributed by atoms with Gasteiger partial charge in [0.05, 0.1) is 0 Å². The van der Waals surface area contributed by atoms with Gasteiger partial charge < -0.3 is 0 Å². The van der Waals surface area contributed by atoms with Crippen molar-refractivity contribution < 1.29 is 8.78 Å². The predicted molar refractivity (Wildman–Crippen MR) is 133 cm³/mol. The van der Waals surface area contributed by atoms with E-state index in [4.69, 9.17) is 0 Å². The molecule has 0 aliphatic carbocycles. The largest absolute Gasteiger partial charge is 0.203 e. The highest BCUT2D eigenvalue weighted by molar-refractivity contribution is 5.72. The summed E-state index contributed by atoms with van der Waals surface area (Å²) in [5, 5.41) is 0. The molecule has 0 amide bonds. The fourth-order valence-corrected chi connectivity index (χ4v) is 4.27. The summed E-state index contributed by atoms with van der Waals surface area (Å²) >= 11 is 0. The van der Waals surface area contributed by atoms with Crippen LogP contribution in [0.25, 0.3) is 22.3 Å². The smallest absolute Gasteiger partial charge is 0.167 e. The first kappa shape index (κ1) is 24.2. The van der Waals surface area contributed by atoms with Gasteiger partial charge in [-0.2, -0.15) is 0 Å². The maximum atomic E-state index is 14.9. The summed E-state index contributed by atoms with van der Waals surface area (Å²) in [7, 11) is 0. The van der Waals surface area contributed by atoms with Gasteiger partial charge in [0.15, 0.2) is 11.6 Å². The van der Waals surface area contributed by atoms with Crippen LogP contribution in [0.1, 0.15) is 76.3 Å². The van der Waals surface area contributed by atoms with Crippen LogP contribution < -0.4 is 0 Å². The highest BCUT2D eigenvalue weighted by Crippen LogP contribution is 2.32. The van der Waals surface area contributed by atoms with Gasteiger partial charge in [0, 0.05) is 11.1 Å². The molecule has 0 atom stereocenters. The van der Waals surface area contributed by atoms with Gasteiger partial charge >= 0.3 is 0 Å². The van der Waals surface area contributed by atoms with Crippen LogP contribution in [0.5, 0.6) is 0 Å². The Morgan fingerprint density at radius 1 is 0.469 bits per heavy atom. The summed E-state index contributed by atoms with van der Waals surface area (Å²) in [5.41, 5.74) is 4.52. The lowest BCUT2D eigenvalue weighted by Gasteiger charge is -2.10. The molecule has 0 aliphatic heterocycles. The molecule has 0 N–H and O–H groups in total. The van der Waals surface area contributed by atoms with Gasteiger partial charge in [-0.25, -0.2) is 8.78 Å². The Morgan fingerprint density at radius 3 is 1.38 bits per heavy atom. The average Bonchev–Trinajstić information content (AvgIpc) is 2.82. The molecule has 0 saturated carbocycles. The van der Waals surface area contributed by atoms with Gasteiger partial charge in [-0.05, 0) is 41.5 Å². The lowest BCUT2D eigenvalue weighted by molar-refractivity contribution is 0.514. The quantitative estimate of drug-likeness (QED) is 0.249. The van der Waals surface area contributed by atoms with Crippen molar-refractivity contribution in [3.05, 3.63) is 83.4 Å². The fourth-order valence-electron chi connectivity index (χ4n) is 4.27. The summed E-state index contributed by atoms with van der Waals surface area (Å²) in [4.78, 5) is 0. The molecule has 3 rings (SSSR count). The van der Waals surface area contributed by atoms with E-state index in [0.29, 0.717) is 16.7 Å². The molecule has 0 spiro atoms. The van der Waals surface area contributed by atoms with Crippen LogP contribution in [0, 0.1) is 11.6 Å². The second-order valence-corrected chi connectivity index (χ2v) is 8.80. The van der Waals surface area contributed by atoms with Crippen LogP contribution in [-0.2, 0) is 12.8 Å². The zero-order valence-electron chi connectivity index (χ0n) is 19.6. The molecule has 0 aromatic heterocycles. The first-order chi connectivity index (χ1) is 15.6. The molecule has 2 heteroatoms. The minimum atomic E-state index is -0.780. The molecule has 32 heavy (non-hydrogen) atoms. The van der Waals surface area contributed by atoms with E-state index in [1.807, 2.05) is 48.5 Å². The van der Waals surface area contributed by atoms with Crippen LogP contribution >= 0.6 is 0 Å². The molecule has 0 bridgehead atoms. The van der Waals surface area contributed by atoms with Gasteiger partial charge in [0.25, 0.3) is 0 Å². The van der Waals surface area contributed by atoms with Crippen molar-refractivity contribution in [2.24, 2.45) is 0 Å². The third-order valence-corrected chi connectivity index (χ3v) is 6.22.